The van der Waals surface area contributed by atoms with E-state index in [9.17, 15) is 4.79 Å². The van der Waals surface area contributed by atoms with E-state index >= 15 is 0 Å². The molecule has 1 aromatic heterocycles. The highest BCUT2D eigenvalue weighted by Gasteiger charge is 2.13. The Balaban J connectivity index is 2.79. The average molecular weight is 252 g/mol. The van der Waals surface area contributed by atoms with Gasteiger partial charge in [-0.15, -0.1) is 5.10 Å². The third-order valence-electron chi connectivity index (χ3n) is 2.51. The summed E-state index contributed by atoms with van der Waals surface area (Å²) in [6.07, 6.45) is 1.62. The summed E-state index contributed by atoms with van der Waals surface area (Å²) in [6.45, 7) is 6.33. The zero-order valence-corrected chi connectivity index (χ0v) is 11.4. The Hall–Kier alpha value is -1.72. The molecule has 100 valence electrons. The predicted octanol–water partition coefficient (Wildman–Crippen LogP) is 0.996. The highest BCUT2D eigenvalue weighted by atomic mass is 16.5. The van der Waals surface area contributed by atoms with Crippen molar-refractivity contribution in [3.63, 3.8) is 0 Å². The maximum absolute atomic E-state index is 11.4. The topological polar surface area (TPSA) is 68.2 Å². The summed E-state index contributed by atoms with van der Waals surface area (Å²) in [5, 5.41) is 8.16. The number of likely N-dealkylation sites (N-methyl/N-ethyl adjacent to an activating group) is 1. The van der Waals surface area contributed by atoms with E-state index in [0.29, 0.717) is 12.6 Å². The number of carbonyl (C=O) groups is 1. The molecule has 0 saturated carbocycles. The Morgan fingerprint density at radius 2 is 1.83 bits per heavy atom. The van der Waals surface area contributed by atoms with Crippen LogP contribution in [0.4, 0.5) is 5.95 Å². The maximum atomic E-state index is 11.4. The molecule has 0 spiro atoms. The van der Waals surface area contributed by atoms with E-state index in [1.165, 1.54) is 0 Å². The van der Waals surface area contributed by atoms with Crippen LogP contribution < -0.4 is 4.90 Å². The molecule has 0 radical (unpaired) electrons. The van der Waals surface area contributed by atoms with Crippen LogP contribution in [0.2, 0.25) is 0 Å². The van der Waals surface area contributed by atoms with Crippen molar-refractivity contribution in [2.24, 2.45) is 0 Å². The lowest BCUT2D eigenvalue weighted by Gasteiger charge is -2.16. The van der Waals surface area contributed by atoms with E-state index in [0.717, 1.165) is 24.2 Å². The van der Waals surface area contributed by atoms with Crippen LogP contribution in [-0.2, 0) is 22.4 Å². The molecule has 1 heterocycles. The lowest BCUT2D eigenvalue weighted by atomic mass is 10.2. The molecule has 18 heavy (non-hydrogen) atoms. The van der Waals surface area contributed by atoms with E-state index in [-0.39, 0.29) is 12.5 Å². The highest BCUT2D eigenvalue weighted by Crippen LogP contribution is 2.09. The van der Waals surface area contributed by atoms with Crippen LogP contribution in [0.25, 0.3) is 0 Å². The third kappa shape index (κ3) is 3.65. The Morgan fingerprint density at radius 1 is 1.17 bits per heavy atom. The van der Waals surface area contributed by atoms with Crippen molar-refractivity contribution in [2.75, 3.05) is 25.1 Å². The first-order chi connectivity index (χ1) is 8.62. The number of aromatic nitrogens is 3. The number of aryl methyl sites for hydroxylation is 2. The summed E-state index contributed by atoms with van der Waals surface area (Å²) in [7, 11) is 1.75. The molecule has 0 fully saturated rings. The molecule has 0 aliphatic rings. The smallest absolute Gasteiger partial charge is 0.325 e. The van der Waals surface area contributed by atoms with Gasteiger partial charge in [0.2, 0.25) is 5.95 Å². The predicted molar refractivity (Wildman–Crippen MR) is 68.5 cm³/mol. The number of anilines is 1. The number of hydrogen-bond donors (Lipinski definition) is 0. The van der Waals surface area contributed by atoms with Gasteiger partial charge in [-0.2, -0.15) is 5.10 Å². The summed E-state index contributed by atoms with van der Waals surface area (Å²) in [4.78, 5) is 17.4. The van der Waals surface area contributed by atoms with Crippen LogP contribution in [0.3, 0.4) is 0 Å². The van der Waals surface area contributed by atoms with Crippen LogP contribution in [0.1, 0.15) is 32.2 Å². The third-order valence-corrected chi connectivity index (χ3v) is 2.51. The SMILES string of the molecule is CCOC(=O)CN(C)c1nnc(CC)c(CC)n1. The Bertz CT molecular complexity index is 409. The van der Waals surface area contributed by atoms with Gasteiger partial charge in [0, 0.05) is 7.05 Å². The van der Waals surface area contributed by atoms with Crippen LogP contribution >= 0.6 is 0 Å². The largest absolute Gasteiger partial charge is 0.465 e. The summed E-state index contributed by atoms with van der Waals surface area (Å²) in [5.41, 5.74) is 1.84. The van der Waals surface area contributed by atoms with Crippen LogP contribution in [-0.4, -0.2) is 41.3 Å². The molecular formula is C12H20N4O2. The van der Waals surface area contributed by atoms with E-state index < -0.39 is 0 Å². The summed E-state index contributed by atoms with van der Waals surface area (Å²) < 4.78 is 4.88. The van der Waals surface area contributed by atoms with E-state index in [2.05, 4.69) is 15.2 Å². The summed E-state index contributed by atoms with van der Waals surface area (Å²) in [5.74, 6) is 0.165. The number of esters is 1. The van der Waals surface area contributed by atoms with Crippen molar-refractivity contribution in [1.82, 2.24) is 15.2 Å². The zero-order valence-electron chi connectivity index (χ0n) is 11.4. The van der Waals surface area contributed by atoms with Crippen LogP contribution in [0, 0.1) is 0 Å². The van der Waals surface area contributed by atoms with Crippen molar-refractivity contribution in [3.05, 3.63) is 11.4 Å². The Labute approximate surface area is 107 Å². The first-order valence-corrected chi connectivity index (χ1v) is 6.21. The number of ether oxygens (including phenoxy) is 1. The van der Waals surface area contributed by atoms with Crippen molar-refractivity contribution in [1.29, 1.82) is 0 Å². The molecule has 0 atom stereocenters. The van der Waals surface area contributed by atoms with Crippen molar-refractivity contribution in [3.8, 4) is 0 Å². The normalized spacial score (nSPS) is 10.2. The Morgan fingerprint density at radius 3 is 2.39 bits per heavy atom. The molecule has 0 aliphatic carbocycles. The molecule has 6 nitrogen and oxygen atoms in total. The van der Waals surface area contributed by atoms with Crippen molar-refractivity contribution >= 4 is 11.9 Å². The minimum absolute atomic E-state index is 0.129. The molecule has 0 saturated heterocycles. The fraction of sp³-hybridized carbons (Fsp3) is 0.667. The monoisotopic (exact) mass is 252 g/mol. The van der Waals surface area contributed by atoms with Gasteiger partial charge >= 0.3 is 5.97 Å². The van der Waals surface area contributed by atoms with Gasteiger partial charge in [-0.05, 0) is 19.8 Å². The second-order valence-corrected chi connectivity index (χ2v) is 3.87. The summed E-state index contributed by atoms with van der Waals surface area (Å²) >= 11 is 0. The minimum Gasteiger partial charge on any atom is -0.465 e. The second-order valence-electron chi connectivity index (χ2n) is 3.87. The average Bonchev–Trinajstić information content (AvgIpc) is 2.38. The quantitative estimate of drug-likeness (QED) is 0.703. The molecular weight excluding hydrogens is 232 g/mol. The standard InChI is InChI=1S/C12H20N4O2/c1-5-9-10(6-2)14-15-12(13-9)16(4)8-11(17)18-7-3/h5-8H2,1-4H3. The van der Waals surface area contributed by atoms with Gasteiger partial charge in [0.25, 0.3) is 0 Å². The van der Waals surface area contributed by atoms with Crippen molar-refractivity contribution < 1.29 is 9.53 Å². The van der Waals surface area contributed by atoms with E-state index in [1.807, 2.05) is 13.8 Å². The number of carbonyl (C=O) groups excluding carboxylic acids is 1. The molecule has 6 heteroatoms. The molecule has 0 aliphatic heterocycles. The second kappa shape index (κ2) is 6.88. The Kier molecular flexibility index (Phi) is 5.48. The first kappa shape index (κ1) is 14.3. The van der Waals surface area contributed by atoms with Crippen LogP contribution in [0.15, 0.2) is 0 Å². The molecule has 0 N–H and O–H groups in total. The van der Waals surface area contributed by atoms with Crippen LogP contribution in [0.5, 0.6) is 0 Å². The molecule has 1 rings (SSSR count). The maximum Gasteiger partial charge on any atom is 0.325 e. The van der Waals surface area contributed by atoms with Gasteiger partial charge in [-0.3, -0.25) is 4.79 Å². The highest BCUT2D eigenvalue weighted by molar-refractivity contribution is 5.74. The van der Waals surface area contributed by atoms with Gasteiger partial charge in [0.1, 0.15) is 6.54 Å². The lowest BCUT2D eigenvalue weighted by molar-refractivity contribution is -0.141. The number of rotatable bonds is 6. The van der Waals surface area contributed by atoms with E-state index in [1.54, 1.807) is 18.9 Å². The first-order valence-electron chi connectivity index (χ1n) is 6.21. The lowest BCUT2D eigenvalue weighted by Crippen LogP contribution is -2.29. The fourth-order valence-electron chi connectivity index (χ4n) is 1.56. The minimum atomic E-state index is -0.291. The number of nitrogens with zero attached hydrogens (tertiary/aromatic N) is 4. The van der Waals surface area contributed by atoms with Gasteiger partial charge in [-0.25, -0.2) is 4.98 Å². The van der Waals surface area contributed by atoms with E-state index in [4.69, 9.17) is 4.74 Å². The van der Waals surface area contributed by atoms with Crippen molar-refractivity contribution in [2.45, 2.75) is 33.6 Å². The van der Waals surface area contributed by atoms with Gasteiger partial charge in [0.15, 0.2) is 0 Å². The van der Waals surface area contributed by atoms with Gasteiger partial charge in [0.05, 0.1) is 18.0 Å². The van der Waals surface area contributed by atoms with Gasteiger partial charge in [-0.1, -0.05) is 13.8 Å². The zero-order chi connectivity index (χ0) is 13.5. The molecule has 1 aromatic rings. The molecule has 0 aromatic carbocycles. The number of hydrogen-bond acceptors (Lipinski definition) is 6. The molecule has 0 unspecified atom stereocenters. The van der Waals surface area contributed by atoms with Gasteiger partial charge < -0.3 is 9.64 Å². The molecule has 0 bridgehead atoms. The fourth-order valence-corrected chi connectivity index (χ4v) is 1.56. The summed E-state index contributed by atoms with van der Waals surface area (Å²) in [6, 6.07) is 0. The molecule has 0 amide bonds.